The molecule has 26 heavy (non-hydrogen) atoms. The van der Waals surface area contributed by atoms with Gasteiger partial charge < -0.3 is 9.94 Å². The molecular weight excluding hydrogens is 322 g/mol. The minimum Gasteiger partial charge on any atom is -0.622 e. The summed E-state index contributed by atoms with van der Waals surface area (Å²) in [7, 11) is 1.60. The summed E-state index contributed by atoms with van der Waals surface area (Å²) in [4.78, 5) is 0. The number of fused-ring (bicyclic) bond motifs is 3. The van der Waals surface area contributed by atoms with E-state index in [-0.39, 0.29) is 5.41 Å². The van der Waals surface area contributed by atoms with Crippen LogP contribution in [0.3, 0.4) is 0 Å². The van der Waals surface area contributed by atoms with E-state index >= 15 is 0 Å². The normalized spacial score (nSPS) is 19.9. The van der Waals surface area contributed by atoms with Crippen LogP contribution in [0.15, 0.2) is 60.7 Å². The number of hydrogen-bond donors (Lipinski definition) is 0. The molecule has 0 saturated carbocycles. The highest BCUT2D eigenvalue weighted by molar-refractivity contribution is 6.11. The molecule has 3 aromatic carbocycles. The van der Waals surface area contributed by atoms with Crippen molar-refractivity contribution in [3.05, 3.63) is 71.4 Å². The van der Waals surface area contributed by atoms with E-state index in [0.29, 0.717) is 6.42 Å². The minimum atomic E-state index is -0.435. The average molecular weight is 345 g/mol. The zero-order chi connectivity index (χ0) is 18.3. The van der Waals surface area contributed by atoms with Crippen molar-refractivity contribution in [2.45, 2.75) is 26.5 Å². The van der Waals surface area contributed by atoms with Crippen LogP contribution in [0.2, 0.25) is 0 Å². The Kier molecular flexibility index (Phi) is 4.04. The minimum absolute atomic E-state index is 0.193. The summed E-state index contributed by atoms with van der Waals surface area (Å²) in [5.41, 5.74) is 1.69. The predicted octanol–water partition coefficient (Wildman–Crippen LogP) is 5.36. The Balaban J connectivity index is 1.82. The molecule has 0 fully saturated rings. The lowest BCUT2D eigenvalue weighted by Gasteiger charge is -2.22. The van der Waals surface area contributed by atoms with Crippen molar-refractivity contribution in [2.24, 2.45) is 5.41 Å². The smallest absolute Gasteiger partial charge is 0.273 e. The van der Waals surface area contributed by atoms with Crippen molar-refractivity contribution in [3.8, 4) is 0 Å². The van der Waals surface area contributed by atoms with Gasteiger partial charge in [-0.2, -0.15) is 4.74 Å². The van der Waals surface area contributed by atoms with Crippen LogP contribution in [0.1, 0.15) is 25.8 Å². The molecule has 132 valence electrons. The van der Waals surface area contributed by atoms with Crippen molar-refractivity contribution in [3.63, 3.8) is 0 Å². The number of hydroxylamine groups is 1. The molecular formula is C23H23NO2. The number of hydrogen-bond acceptors (Lipinski definition) is 2. The van der Waals surface area contributed by atoms with Crippen LogP contribution >= 0.6 is 0 Å². The molecule has 0 bridgehead atoms. The Bertz CT molecular complexity index is 1050. The van der Waals surface area contributed by atoms with Gasteiger partial charge in [-0.05, 0) is 39.3 Å². The van der Waals surface area contributed by atoms with Gasteiger partial charge in [0.05, 0.1) is 5.41 Å². The standard InChI is InChI=1S/C23H23NO2/c1-23(2)15-18(24(25)22(23)26-3)13-12-17-14-16-8-4-5-9-19(16)21-11-7-6-10-20(17)21/h4-14,22H,15H2,1-3H3/b13-12+. The van der Waals surface area contributed by atoms with Gasteiger partial charge in [0.2, 0.25) is 0 Å². The summed E-state index contributed by atoms with van der Waals surface area (Å²) in [5.74, 6) is 0. The predicted molar refractivity (Wildman–Crippen MR) is 108 cm³/mol. The number of methoxy groups -OCH3 is 1. The third kappa shape index (κ3) is 2.69. The van der Waals surface area contributed by atoms with Gasteiger partial charge in [0.1, 0.15) is 0 Å². The first-order chi connectivity index (χ1) is 12.5. The number of ether oxygens (including phenoxy) is 1. The molecule has 0 saturated heterocycles. The second-order valence-corrected chi connectivity index (χ2v) is 7.64. The maximum absolute atomic E-state index is 12.6. The van der Waals surface area contributed by atoms with Gasteiger partial charge >= 0.3 is 0 Å². The highest BCUT2D eigenvalue weighted by atomic mass is 16.6. The summed E-state index contributed by atoms with van der Waals surface area (Å²) in [5, 5.41) is 17.4. The summed E-state index contributed by atoms with van der Waals surface area (Å²) in [6.45, 7) is 4.14. The van der Waals surface area contributed by atoms with Crippen molar-refractivity contribution >= 4 is 33.3 Å². The second kappa shape index (κ2) is 6.26. The molecule has 1 heterocycles. The first-order valence-corrected chi connectivity index (χ1v) is 8.95. The molecule has 1 aliphatic rings. The lowest BCUT2D eigenvalue weighted by molar-refractivity contribution is -0.561. The zero-order valence-corrected chi connectivity index (χ0v) is 15.4. The number of rotatable bonds is 3. The van der Waals surface area contributed by atoms with Gasteiger partial charge in [-0.3, -0.25) is 0 Å². The molecule has 1 unspecified atom stereocenters. The lowest BCUT2D eigenvalue weighted by Crippen LogP contribution is -2.32. The van der Waals surface area contributed by atoms with Crippen molar-refractivity contribution in [2.75, 3.05) is 7.11 Å². The van der Waals surface area contributed by atoms with E-state index in [1.807, 2.05) is 6.08 Å². The molecule has 0 aliphatic carbocycles. The fourth-order valence-electron chi connectivity index (χ4n) is 4.05. The van der Waals surface area contributed by atoms with Gasteiger partial charge in [0.25, 0.3) is 6.23 Å². The summed E-state index contributed by atoms with van der Waals surface area (Å²) >= 11 is 0. The molecule has 0 N–H and O–H groups in total. The second-order valence-electron chi connectivity index (χ2n) is 7.64. The molecule has 0 radical (unpaired) electrons. The molecule has 4 rings (SSSR count). The maximum atomic E-state index is 12.6. The van der Waals surface area contributed by atoms with Gasteiger partial charge in [-0.25, -0.2) is 0 Å². The van der Waals surface area contributed by atoms with Crippen LogP contribution in [-0.2, 0) is 4.74 Å². The fraction of sp³-hybridized carbons (Fsp3) is 0.261. The van der Waals surface area contributed by atoms with Crippen LogP contribution in [-0.4, -0.2) is 23.8 Å². The number of benzene rings is 3. The third-order valence-corrected chi connectivity index (χ3v) is 5.28. The van der Waals surface area contributed by atoms with Gasteiger partial charge in [0.15, 0.2) is 5.71 Å². The van der Waals surface area contributed by atoms with E-state index in [1.54, 1.807) is 7.11 Å². The molecule has 1 aliphatic heterocycles. The first kappa shape index (κ1) is 16.8. The molecule has 0 aromatic heterocycles. The van der Waals surface area contributed by atoms with Crippen molar-refractivity contribution in [1.29, 1.82) is 0 Å². The van der Waals surface area contributed by atoms with Crippen molar-refractivity contribution < 1.29 is 9.48 Å². The SMILES string of the molecule is COC1[N+]([O-])=C(/C=C/c2cc3ccccc3c3ccccc23)CC1(C)C. The van der Waals surface area contributed by atoms with Crippen LogP contribution in [0, 0.1) is 10.6 Å². The van der Waals surface area contributed by atoms with E-state index in [0.717, 1.165) is 16.0 Å². The molecule has 0 spiro atoms. The molecule has 3 nitrogen and oxygen atoms in total. The Hall–Kier alpha value is -2.65. The van der Waals surface area contributed by atoms with E-state index in [4.69, 9.17) is 4.74 Å². The Morgan fingerprint density at radius 3 is 2.35 bits per heavy atom. The largest absolute Gasteiger partial charge is 0.622 e. The van der Waals surface area contributed by atoms with Crippen molar-refractivity contribution in [1.82, 2.24) is 0 Å². The molecule has 0 amide bonds. The quantitative estimate of drug-likeness (QED) is 0.364. The Labute approximate surface area is 153 Å². The third-order valence-electron chi connectivity index (χ3n) is 5.28. The molecule has 3 aromatic rings. The Morgan fingerprint density at radius 2 is 1.65 bits per heavy atom. The monoisotopic (exact) mass is 345 g/mol. The van der Waals surface area contributed by atoms with Gasteiger partial charge in [0, 0.05) is 19.6 Å². The zero-order valence-electron chi connectivity index (χ0n) is 15.4. The maximum Gasteiger partial charge on any atom is 0.273 e. The molecule has 3 heteroatoms. The highest BCUT2D eigenvalue weighted by Crippen LogP contribution is 2.35. The van der Waals surface area contributed by atoms with Crippen LogP contribution in [0.5, 0.6) is 0 Å². The van der Waals surface area contributed by atoms with Gasteiger partial charge in [-0.1, -0.05) is 62.4 Å². The van der Waals surface area contributed by atoms with E-state index in [9.17, 15) is 5.21 Å². The van der Waals surface area contributed by atoms with Gasteiger partial charge in [-0.15, -0.1) is 0 Å². The van der Waals surface area contributed by atoms with E-state index in [1.165, 1.54) is 21.5 Å². The average Bonchev–Trinajstić information content (AvgIpc) is 2.87. The van der Waals surface area contributed by atoms with Crippen LogP contribution in [0.4, 0.5) is 0 Å². The van der Waals surface area contributed by atoms with Crippen LogP contribution < -0.4 is 0 Å². The lowest BCUT2D eigenvalue weighted by atomic mass is 9.88. The Morgan fingerprint density at radius 1 is 1.00 bits per heavy atom. The summed E-state index contributed by atoms with van der Waals surface area (Å²) < 4.78 is 6.42. The fourth-order valence-corrected chi connectivity index (χ4v) is 4.05. The first-order valence-electron chi connectivity index (χ1n) is 8.95. The van der Waals surface area contributed by atoms with E-state index in [2.05, 4.69) is 74.5 Å². The van der Waals surface area contributed by atoms with Crippen LogP contribution in [0.25, 0.3) is 27.6 Å². The number of allylic oxidation sites excluding steroid dienone is 1. The number of nitrogens with zero attached hydrogens (tertiary/aromatic N) is 1. The topological polar surface area (TPSA) is 35.3 Å². The highest BCUT2D eigenvalue weighted by Gasteiger charge is 2.45. The molecule has 1 atom stereocenters. The van der Waals surface area contributed by atoms with E-state index < -0.39 is 6.23 Å². The summed E-state index contributed by atoms with van der Waals surface area (Å²) in [6, 6.07) is 19.0. The summed E-state index contributed by atoms with van der Waals surface area (Å²) in [6.07, 6.45) is 4.28.